The molecular formula is C10H23F24N. The van der Waals surface area contributed by atoms with Crippen LogP contribution in [0.2, 0.25) is 0 Å². The highest BCUT2D eigenvalue weighted by Crippen LogP contribution is 2.00. The van der Waals surface area contributed by atoms with Gasteiger partial charge in [-0.25, -0.2) is 0 Å². The van der Waals surface area contributed by atoms with Gasteiger partial charge in [-0.15, -0.1) is 0 Å². The molecule has 0 heterocycles. The molecule has 0 aliphatic rings. The molecule has 1 nitrogen and oxygen atoms in total. The molecule has 0 aromatic rings. The molecule has 0 amide bonds. The van der Waals surface area contributed by atoms with E-state index in [0.29, 0.717) is 0 Å². The Morgan fingerprint density at radius 1 is 0.314 bits per heavy atom. The Bertz CT molecular complexity index is 103. The average molecular weight is 613 g/mol. The Kier molecular flexibility index (Phi) is 1110. The van der Waals surface area contributed by atoms with Crippen molar-refractivity contribution in [3.8, 4) is 0 Å². The molecule has 0 aromatic heterocycles. The van der Waals surface area contributed by atoms with Gasteiger partial charge in [0, 0.05) is 110 Å². The van der Waals surface area contributed by atoms with Gasteiger partial charge in [0.25, 0.3) is 0 Å². The van der Waals surface area contributed by atoms with Crippen LogP contribution in [0.5, 0.6) is 0 Å². The van der Waals surface area contributed by atoms with Crippen LogP contribution in [0.15, 0.2) is 0 Å². The zero-order valence-corrected chi connectivity index (χ0v) is 17.5. The molecule has 0 saturated heterocycles. The lowest BCUT2D eigenvalue weighted by molar-refractivity contribution is 0.108. The zero-order chi connectivity index (χ0) is 32.5. The van der Waals surface area contributed by atoms with Gasteiger partial charge in [-0.05, 0) is 33.0 Å². The smallest absolute Gasteiger partial charge is 0 e. The summed E-state index contributed by atoms with van der Waals surface area (Å²) in [5.74, 6) is 0. The largest absolute Gasteiger partial charge is 0.306 e. The molecule has 0 aliphatic carbocycles. The first-order valence-electron chi connectivity index (χ1n) is 6.71. The van der Waals surface area contributed by atoms with Crippen molar-refractivity contribution in [1.82, 2.24) is 4.90 Å². The van der Waals surface area contributed by atoms with Gasteiger partial charge >= 0.3 is 0 Å². The number of hydrogen-bond donors (Lipinski definition) is 0. The minimum Gasteiger partial charge on any atom is -0.306 e. The van der Waals surface area contributed by atoms with E-state index in [1.54, 1.807) is 0 Å². The Morgan fingerprint density at radius 3 is 0.714 bits per heavy atom. The summed E-state index contributed by atoms with van der Waals surface area (Å²) >= 11 is 0. The van der Waals surface area contributed by atoms with Gasteiger partial charge in [-0.2, -0.15) is 0 Å². The van der Waals surface area contributed by atoms with E-state index in [9.17, 15) is 0 Å². The van der Waals surface area contributed by atoms with Crippen LogP contribution >= 0.6 is 0 Å². The summed E-state index contributed by atoms with van der Waals surface area (Å²) in [5, 5.41) is 0. The lowest BCUT2D eigenvalue weighted by Gasteiger charge is -2.14. The lowest BCUT2D eigenvalue weighted by atomic mass is 10.2. The minimum absolute atomic E-state index is 1.26. The molecule has 0 spiro atoms. The van der Waals surface area contributed by atoms with Crippen LogP contribution < -0.4 is 0 Å². The lowest BCUT2D eigenvalue weighted by Crippen LogP contribution is -2.20. The second kappa shape index (κ2) is 461. The first-order chi connectivity index (χ1) is 17.3. The van der Waals surface area contributed by atoms with Gasteiger partial charge in [0.1, 0.15) is 0 Å². The van der Waals surface area contributed by atoms with Crippen LogP contribution in [0.1, 0.15) is 46.0 Å². The maximum Gasteiger partial charge on any atom is 0 e. The topological polar surface area (TPSA) is 3.24 Å². The van der Waals surface area contributed by atoms with E-state index >= 15 is 0 Å². The van der Waals surface area contributed by atoms with Crippen LogP contribution in [0.25, 0.3) is 0 Å². The van der Waals surface area contributed by atoms with Crippen LogP contribution in [0, 0.1) is 0 Å². The summed E-state index contributed by atoms with van der Waals surface area (Å²) in [5.41, 5.74) is 0. The molecular weight excluding hydrogens is 590 g/mol. The third-order valence-corrected chi connectivity index (χ3v) is 2.00. The Hall–Kier alpha value is -1.72. The first kappa shape index (κ1) is 84.3. The number of nitrogens with zero attached hydrogens (tertiary/aromatic N) is 1. The van der Waals surface area contributed by atoms with E-state index in [2.05, 4.69) is 25.8 Å². The second-order valence-electron chi connectivity index (χ2n) is 3.36. The van der Waals surface area contributed by atoms with Crippen molar-refractivity contribution >= 4 is 0 Å². The third-order valence-electron chi connectivity index (χ3n) is 2.00. The second-order valence-corrected chi connectivity index (χ2v) is 3.36. The summed E-state index contributed by atoms with van der Waals surface area (Å²) < 4.78 is 192. The molecule has 0 aromatic carbocycles. The Morgan fingerprint density at radius 2 is 0.543 bits per heavy atom. The molecule has 0 saturated carbocycles. The summed E-state index contributed by atoms with van der Waals surface area (Å²) in [6.45, 7) is 7.04. The Labute approximate surface area is 182 Å². The van der Waals surface area contributed by atoms with Gasteiger partial charge in [0.2, 0.25) is 0 Å². The van der Waals surface area contributed by atoms with Crippen LogP contribution in [0.4, 0.5) is 110 Å². The fraction of sp³-hybridized carbons (Fsp3) is 1.00. The summed E-state index contributed by atoms with van der Waals surface area (Å²) in [7, 11) is 2.22. The van der Waals surface area contributed by atoms with Crippen molar-refractivity contribution in [1.29, 1.82) is 0 Å². The molecule has 0 atom stereocenters. The quantitative estimate of drug-likeness (QED) is 0.204. The predicted molar refractivity (Wildman–Crippen MR) is 78.5 cm³/mol. The molecule has 0 N–H and O–H groups in total. The average Bonchev–Trinajstić information content (AvgIpc) is 3.03. The SMILES string of the molecule is CCCCCCN(C)CCC.FF.FF.FF.FF.FF.FF.FF.FF.FF.FF.FF.FF. The third kappa shape index (κ3) is 558. The molecule has 0 rings (SSSR count). The molecule has 0 radical (unpaired) electrons. The summed E-state index contributed by atoms with van der Waals surface area (Å²) in [6.07, 6.45) is 6.82. The van der Waals surface area contributed by atoms with Crippen LogP contribution in [-0.4, -0.2) is 25.0 Å². The standard InChI is InChI=1S/C10H23N.12F2/c1-4-6-7-8-10-11(3)9-5-2;12*1-2/h4-10H2,1-3H3;;;;;;;;;;;;. The molecule has 0 aliphatic heterocycles. The molecule has 35 heavy (non-hydrogen) atoms. The first-order valence-corrected chi connectivity index (χ1v) is 6.71. The van der Waals surface area contributed by atoms with E-state index in [0.717, 1.165) is 0 Å². The van der Waals surface area contributed by atoms with Crippen molar-refractivity contribution in [3.63, 3.8) is 0 Å². The number of hydrogen-bond acceptors (Lipinski definition) is 1. The number of unbranched alkanes of at least 4 members (excludes halogenated alkanes) is 3. The molecule has 0 unspecified atom stereocenters. The maximum absolute atomic E-state index is 8.00. The van der Waals surface area contributed by atoms with Gasteiger partial charge in [0.15, 0.2) is 0 Å². The Balaban J connectivity index is -0.0000000156. The van der Waals surface area contributed by atoms with Crippen molar-refractivity contribution in [3.05, 3.63) is 0 Å². The van der Waals surface area contributed by atoms with Crippen molar-refractivity contribution in [2.75, 3.05) is 20.1 Å². The summed E-state index contributed by atoms with van der Waals surface area (Å²) in [6, 6.07) is 0. The predicted octanol–water partition coefficient (Wildman–Crippen LogP) is 13.0. The van der Waals surface area contributed by atoms with Crippen molar-refractivity contribution in [2.45, 2.75) is 46.0 Å². The fourth-order valence-corrected chi connectivity index (χ4v) is 1.30. The van der Waals surface area contributed by atoms with Crippen LogP contribution in [0.3, 0.4) is 0 Å². The molecule has 236 valence electrons. The van der Waals surface area contributed by atoms with Crippen LogP contribution in [-0.2, 0) is 0 Å². The van der Waals surface area contributed by atoms with E-state index in [1.807, 2.05) is 0 Å². The monoisotopic (exact) mass is 613 g/mol. The van der Waals surface area contributed by atoms with Gasteiger partial charge < -0.3 is 4.90 Å². The highest BCUT2D eigenvalue weighted by molar-refractivity contribution is 4.50. The van der Waals surface area contributed by atoms with E-state index in [-0.39, 0.29) is 0 Å². The highest BCUT2D eigenvalue weighted by Gasteiger charge is 1.94. The van der Waals surface area contributed by atoms with Gasteiger partial charge in [-0.1, -0.05) is 33.1 Å². The molecule has 0 fully saturated rings. The van der Waals surface area contributed by atoms with Gasteiger partial charge in [0.05, 0.1) is 0 Å². The number of halogens is 24. The highest BCUT2D eigenvalue weighted by atomic mass is 20.0. The normalized spacial score (nSPS) is 5.49. The minimum atomic E-state index is 1.26. The van der Waals surface area contributed by atoms with Crippen molar-refractivity contribution < 1.29 is 110 Å². The van der Waals surface area contributed by atoms with Crippen molar-refractivity contribution in [2.24, 2.45) is 0 Å². The maximum atomic E-state index is 8.00. The molecule has 0 bridgehead atoms. The van der Waals surface area contributed by atoms with Gasteiger partial charge in [-0.3, -0.25) is 0 Å². The zero-order valence-electron chi connectivity index (χ0n) is 17.5. The van der Waals surface area contributed by atoms with E-state index in [4.69, 9.17) is 110 Å². The van der Waals surface area contributed by atoms with E-state index < -0.39 is 0 Å². The van der Waals surface area contributed by atoms with E-state index in [1.165, 1.54) is 45.2 Å². The number of rotatable bonds is 7. The fourth-order valence-electron chi connectivity index (χ4n) is 1.30. The molecule has 25 heteroatoms. The summed E-state index contributed by atoms with van der Waals surface area (Å²) in [4.78, 5) is 2.43.